The normalized spacial score (nSPS) is 25.7. The quantitative estimate of drug-likeness (QED) is 0.736. The van der Waals surface area contributed by atoms with Crippen molar-refractivity contribution in [2.24, 2.45) is 5.92 Å². The van der Waals surface area contributed by atoms with Gasteiger partial charge in [0, 0.05) is 21.5 Å². The molecule has 0 aromatic heterocycles. The molecule has 2 atom stereocenters. The first kappa shape index (κ1) is 12.7. The van der Waals surface area contributed by atoms with Gasteiger partial charge < -0.3 is 4.74 Å². The molecule has 16 heavy (non-hydrogen) atoms. The van der Waals surface area contributed by atoms with Crippen LogP contribution in [0.1, 0.15) is 12.0 Å². The van der Waals surface area contributed by atoms with Gasteiger partial charge in [-0.15, -0.1) is 0 Å². The molecular weight excluding hydrogens is 311 g/mol. The van der Waals surface area contributed by atoms with Crippen molar-refractivity contribution in [3.05, 3.63) is 33.8 Å². The molecule has 1 heterocycles. The zero-order chi connectivity index (χ0) is 11.5. The first-order valence-electron chi connectivity index (χ1n) is 5.33. The van der Waals surface area contributed by atoms with Gasteiger partial charge in [-0.3, -0.25) is 0 Å². The summed E-state index contributed by atoms with van der Waals surface area (Å²) >= 11 is 16.0. The molecule has 0 saturated carbocycles. The summed E-state index contributed by atoms with van der Waals surface area (Å²) in [5.41, 5.74) is 1.03. The molecule has 1 aliphatic rings. The Bertz CT molecular complexity index is 350. The van der Waals surface area contributed by atoms with Crippen molar-refractivity contribution >= 4 is 39.1 Å². The number of ether oxygens (including phenoxy) is 1. The Hall–Kier alpha value is 0.240. The van der Waals surface area contributed by atoms with Crippen molar-refractivity contribution in [3.8, 4) is 0 Å². The molecule has 88 valence electrons. The number of hydrogen-bond donors (Lipinski definition) is 0. The highest BCUT2D eigenvalue weighted by atomic mass is 79.9. The van der Waals surface area contributed by atoms with Crippen molar-refractivity contribution in [1.29, 1.82) is 0 Å². The summed E-state index contributed by atoms with van der Waals surface area (Å²) in [4.78, 5) is 0.494. The van der Waals surface area contributed by atoms with Crippen LogP contribution in [0, 0.1) is 5.92 Å². The Balaban J connectivity index is 2.13. The third-order valence-corrected chi connectivity index (χ3v) is 4.82. The summed E-state index contributed by atoms with van der Waals surface area (Å²) in [6.07, 6.45) is 1.92. The van der Waals surface area contributed by atoms with Crippen molar-refractivity contribution in [3.63, 3.8) is 0 Å². The molecule has 1 fully saturated rings. The summed E-state index contributed by atoms with van der Waals surface area (Å²) < 4.78 is 5.49. The fraction of sp³-hybridized carbons (Fsp3) is 0.500. The lowest BCUT2D eigenvalue weighted by Crippen LogP contribution is -2.29. The highest BCUT2D eigenvalue weighted by Crippen LogP contribution is 2.31. The van der Waals surface area contributed by atoms with Gasteiger partial charge in [-0.05, 0) is 36.5 Å². The number of alkyl halides is 1. The van der Waals surface area contributed by atoms with Gasteiger partial charge in [0.05, 0.1) is 6.61 Å². The first-order valence-corrected chi connectivity index (χ1v) is 7.00. The largest absolute Gasteiger partial charge is 0.381 e. The maximum absolute atomic E-state index is 6.16. The van der Waals surface area contributed by atoms with Crippen LogP contribution in [0.2, 0.25) is 10.0 Å². The minimum atomic E-state index is 0.450. The molecule has 0 spiro atoms. The lowest BCUT2D eigenvalue weighted by Gasteiger charge is -2.28. The molecule has 1 nitrogen and oxygen atoms in total. The molecule has 1 aliphatic heterocycles. The zero-order valence-corrected chi connectivity index (χ0v) is 11.9. The molecule has 0 N–H and O–H groups in total. The van der Waals surface area contributed by atoms with Crippen molar-refractivity contribution in [2.75, 3.05) is 13.2 Å². The van der Waals surface area contributed by atoms with Crippen LogP contribution in [0.25, 0.3) is 0 Å². The minimum Gasteiger partial charge on any atom is -0.381 e. The SMILES string of the molecule is Clc1cccc(Cl)c1CC1COCCC1Br. The average Bonchev–Trinajstić information content (AvgIpc) is 2.26. The maximum Gasteiger partial charge on any atom is 0.0508 e. The van der Waals surface area contributed by atoms with Gasteiger partial charge in [0.1, 0.15) is 0 Å². The lowest BCUT2D eigenvalue weighted by molar-refractivity contribution is 0.0606. The molecule has 1 aromatic rings. The Labute approximate surface area is 114 Å². The summed E-state index contributed by atoms with van der Waals surface area (Å²) in [5.74, 6) is 0.450. The van der Waals surface area contributed by atoms with E-state index in [4.69, 9.17) is 27.9 Å². The standard InChI is InChI=1S/C12H13BrCl2O/c13-10-4-5-16-7-8(10)6-9-11(14)2-1-3-12(9)15/h1-3,8,10H,4-7H2. The first-order chi connectivity index (χ1) is 7.68. The van der Waals surface area contributed by atoms with Crippen LogP contribution in [0.3, 0.4) is 0 Å². The second-order valence-electron chi connectivity index (χ2n) is 4.04. The van der Waals surface area contributed by atoms with Crippen molar-refractivity contribution in [2.45, 2.75) is 17.7 Å². The van der Waals surface area contributed by atoms with Gasteiger partial charge >= 0.3 is 0 Å². The molecule has 2 unspecified atom stereocenters. The number of rotatable bonds is 2. The Morgan fingerprint density at radius 1 is 1.31 bits per heavy atom. The van der Waals surface area contributed by atoms with Crippen LogP contribution in [-0.2, 0) is 11.2 Å². The van der Waals surface area contributed by atoms with Gasteiger partial charge in [-0.1, -0.05) is 45.2 Å². The van der Waals surface area contributed by atoms with E-state index in [1.807, 2.05) is 18.2 Å². The maximum atomic E-state index is 6.16. The molecule has 0 amide bonds. The number of halogens is 3. The van der Waals surface area contributed by atoms with E-state index < -0.39 is 0 Å². The Morgan fingerprint density at radius 2 is 2.00 bits per heavy atom. The topological polar surface area (TPSA) is 9.23 Å². The van der Waals surface area contributed by atoms with E-state index in [2.05, 4.69) is 15.9 Å². The van der Waals surface area contributed by atoms with E-state index in [0.29, 0.717) is 10.7 Å². The minimum absolute atomic E-state index is 0.450. The highest BCUT2D eigenvalue weighted by Gasteiger charge is 2.25. The van der Waals surface area contributed by atoms with E-state index in [1.54, 1.807) is 0 Å². The lowest BCUT2D eigenvalue weighted by atomic mass is 9.94. The van der Waals surface area contributed by atoms with E-state index in [9.17, 15) is 0 Å². The predicted octanol–water partition coefficient (Wildman–Crippen LogP) is 4.34. The summed E-state index contributed by atoms with van der Waals surface area (Å²) in [6, 6.07) is 5.64. The van der Waals surface area contributed by atoms with Crippen LogP contribution < -0.4 is 0 Å². The molecule has 4 heteroatoms. The summed E-state index contributed by atoms with van der Waals surface area (Å²) in [7, 11) is 0. The smallest absolute Gasteiger partial charge is 0.0508 e. The van der Waals surface area contributed by atoms with Crippen LogP contribution >= 0.6 is 39.1 Å². The van der Waals surface area contributed by atoms with E-state index >= 15 is 0 Å². The molecule has 0 radical (unpaired) electrons. The van der Waals surface area contributed by atoms with Gasteiger partial charge in [0.2, 0.25) is 0 Å². The third-order valence-electron chi connectivity index (χ3n) is 2.91. The third kappa shape index (κ3) is 2.92. The summed E-state index contributed by atoms with van der Waals surface area (Å²) in [5, 5.41) is 1.50. The van der Waals surface area contributed by atoms with Crippen LogP contribution in [-0.4, -0.2) is 18.0 Å². The fourth-order valence-corrected chi connectivity index (χ4v) is 3.03. The molecule has 1 aromatic carbocycles. The molecule has 0 aliphatic carbocycles. The summed E-state index contributed by atoms with van der Waals surface area (Å²) in [6.45, 7) is 1.61. The Kier molecular flexibility index (Phi) is 4.54. The van der Waals surface area contributed by atoms with E-state index in [1.165, 1.54) is 0 Å². The Morgan fingerprint density at radius 3 is 2.62 bits per heavy atom. The van der Waals surface area contributed by atoms with Crippen molar-refractivity contribution < 1.29 is 4.74 Å². The number of hydrogen-bond acceptors (Lipinski definition) is 1. The fourth-order valence-electron chi connectivity index (χ4n) is 1.95. The van der Waals surface area contributed by atoms with E-state index in [-0.39, 0.29) is 0 Å². The van der Waals surface area contributed by atoms with Gasteiger partial charge in [0.25, 0.3) is 0 Å². The molecule has 0 bridgehead atoms. The van der Waals surface area contributed by atoms with Crippen LogP contribution in [0.4, 0.5) is 0 Å². The zero-order valence-electron chi connectivity index (χ0n) is 8.76. The van der Waals surface area contributed by atoms with Crippen LogP contribution in [0.15, 0.2) is 18.2 Å². The predicted molar refractivity (Wildman–Crippen MR) is 71.8 cm³/mol. The second-order valence-corrected chi connectivity index (χ2v) is 6.03. The molecule has 1 saturated heterocycles. The van der Waals surface area contributed by atoms with Gasteiger partial charge in [0.15, 0.2) is 0 Å². The molecule has 2 rings (SSSR count). The average molecular weight is 324 g/mol. The van der Waals surface area contributed by atoms with E-state index in [0.717, 1.165) is 41.7 Å². The number of benzene rings is 1. The molecular formula is C12H13BrCl2O. The van der Waals surface area contributed by atoms with Gasteiger partial charge in [-0.2, -0.15) is 0 Å². The van der Waals surface area contributed by atoms with Crippen LogP contribution in [0.5, 0.6) is 0 Å². The monoisotopic (exact) mass is 322 g/mol. The highest BCUT2D eigenvalue weighted by molar-refractivity contribution is 9.09. The van der Waals surface area contributed by atoms with Crippen molar-refractivity contribution in [1.82, 2.24) is 0 Å². The van der Waals surface area contributed by atoms with Gasteiger partial charge in [-0.25, -0.2) is 0 Å². The second kappa shape index (κ2) is 5.72.